The number of benzene rings is 2. The van der Waals surface area contributed by atoms with Crippen molar-refractivity contribution in [1.82, 2.24) is 4.90 Å². The van der Waals surface area contributed by atoms with Crippen molar-refractivity contribution >= 4 is 23.2 Å². The zero-order chi connectivity index (χ0) is 17.6. The van der Waals surface area contributed by atoms with Crippen LogP contribution in [0.25, 0.3) is 0 Å². The number of carbonyl (C=O) groups excluding carboxylic acids is 2. The summed E-state index contributed by atoms with van der Waals surface area (Å²) < 4.78 is 0. The summed E-state index contributed by atoms with van der Waals surface area (Å²) in [6.07, 6.45) is 2.36. The zero-order valence-corrected chi connectivity index (χ0v) is 14.3. The monoisotopic (exact) mass is 337 g/mol. The fraction of sp³-hybridized carbons (Fsp3) is 0.300. The van der Waals surface area contributed by atoms with Crippen LogP contribution in [-0.4, -0.2) is 35.8 Å². The molecule has 1 fully saturated rings. The first-order chi connectivity index (χ1) is 12.1. The summed E-state index contributed by atoms with van der Waals surface area (Å²) in [5.41, 5.74) is 1.55. The van der Waals surface area contributed by atoms with E-state index in [-0.39, 0.29) is 23.9 Å². The van der Waals surface area contributed by atoms with E-state index in [0.717, 1.165) is 30.6 Å². The van der Waals surface area contributed by atoms with E-state index in [1.54, 1.807) is 0 Å². The lowest BCUT2D eigenvalue weighted by Gasteiger charge is -2.37. The summed E-state index contributed by atoms with van der Waals surface area (Å²) in [7, 11) is 1.85. The molecule has 5 heteroatoms. The Kier molecular flexibility index (Phi) is 5.46. The van der Waals surface area contributed by atoms with E-state index in [9.17, 15) is 9.59 Å². The second kappa shape index (κ2) is 7.94. The van der Waals surface area contributed by atoms with Crippen LogP contribution in [0.4, 0.5) is 11.4 Å². The minimum absolute atomic E-state index is 0.0640. The second-order valence-corrected chi connectivity index (χ2v) is 6.34. The van der Waals surface area contributed by atoms with Crippen LogP contribution >= 0.6 is 0 Å². The fourth-order valence-corrected chi connectivity index (χ4v) is 3.26. The molecule has 0 aromatic heterocycles. The number of carbonyl (C=O) groups is 2. The molecule has 0 aliphatic carbocycles. The van der Waals surface area contributed by atoms with Gasteiger partial charge in [0, 0.05) is 11.4 Å². The smallest absolute Gasteiger partial charge is 0.241 e. The van der Waals surface area contributed by atoms with Crippen LogP contribution in [0.5, 0.6) is 0 Å². The van der Waals surface area contributed by atoms with Gasteiger partial charge in [0.15, 0.2) is 0 Å². The van der Waals surface area contributed by atoms with Gasteiger partial charge in [-0.15, -0.1) is 0 Å². The summed E-state index contributed by atoms with van der Waals surface area (Å²) >= 11 is 0. The third kappa shape index (κ3) is 4.25. The maximum atomic E-state index is 12.6. The standard InChI is InChI=1S/C20H23N3O2/c1-23-17(19(24)21-15-9-4-2-5-10-15)13-8-14-18(23)20(25)22-16-11-6-3-7-12-16/h2-7,9-12,17-18H,8,13-14H2,1H3,(H,21,24)(H,22,25). The molecule has 5 nitrogen and oxygen atoms in total. The number of hydrogen-bond donors (Lipinski definition) is 2. The molecule has 3 rings (SSSR count). The molecule has 1 saturated heterocycles. The summed E-state index contributed by atoms with van der Waals surface area (Å²) in [4.78, 5) is 27.1. The molecule has 2 atom stereocenters. The average Bonchev–Trinajstić information content (AvgIpc) is 2.63. The van der Waals surface area contributed by atoms with Gasteiger partial charge < -0.3 is 10.6 Å². The van der Waals surface area contributed by atoms with Gasteiger partial charge in [-0.1, -0.05) is 36.4 Å². The Balaban J connectivity index is 1.65. The summed E-state index contributed by atoms with van der Waals surface area (Å²) in [6, 6.07) is 18.2. The molecule has 2 aromatic rings. The van der Waals surface area contributed by atoms with Gasteiger partial charge in [0.25, 0.3) is 0 Å². The molecule has 2 N–H and O–H groups in total. The van der Waals surface area contributed by atoms with E-state index >= 15 is 0 Å². The van der Waals surface area contributed by atoms with Crippen molar-refractivity contribution in [3.8, 4) is 0 Å². The molecule has 0 bridgehead atoms. The molecule has 2 amide bonds. The molecular weight excluding hydrogens is 314 g/mol. The number of anilines is 2. The lowest BCUT2D eigenvalue weighted by molar-refractivity contribution is -0.128. The highest BCUT2D eigenvalue weighted by molar-refractivity contribution is 5.98. The van der Waals surface area contributed by atoms with Crippen LogP contribution in [0.2, 0.25) is 0 Å². The summed E-state index contributed by atoms with van der Waals surface area (Å²) in [5, 5.41) is 5.88. The van der Waals surface area contributed by atoms with Gasteiger partial charge in [-0.25, -0.2) is 0 Å². The van der Waals surface area contributed by atoms with Crippen molar-refractivity contribution in [1.29, 1.82) is 0 Å². The Morgan fingerprint density at radius 2 is 1.20 bits per heavy atom. The third-order valence-electron chi connectivity index (χ3n) is 4.63. The van der Waals surface area contributed by atoms with Gasteiger partial charge in [-0.3, -0.25) is 14.5 Å². The largest absolute Gasteiger partial charge is 0.325 e. The van der Waals surface area contributed by atoms with Crippen molar-refractivity contribution in [2.24, 2.45) is 0 Å². The molecule has 0 spiro atoms. The summed E-state index contributed by atoms with van der Waals surface area (Å²) in [5.74, 6) is -0.128. The zero-order valence-electron chi connectivity index (χ0n) is 14.3. The van der Waals surface area contributed by atoms with Gasteiger partial charge >= 0.3 is 0 Å². The quantitative estimate of drug-likeness (QED) is 0.901. The van der Waals surface area contributed by atoms with Crippen molar-refractivity contribution in [3.05, 3.63) is 60.7 Å². The number of nitrogens with one attached hydrogen (secondary N) is 2. The highest BCUT2D eigenvalue weighted by atomic mass is 16.2. The fourth-order valence-electron chi connectivity index (χ4n) is 3.26. The maximum absolute atomic E-state index is 12.6. The number of likely N-dealkylation sites (tertiary alicyclic amines) is 1. The van der Waals surface area contributed by atoms with Gasteiger partial charge in [0.1, 0.15) is 0 Å². The van der Waals surface area contributed by atoms with E-state index in [4.69, 9.17) is 0 Å². The van der Waals surface area contributed by atoms with Crippen LogP contribution in [-0.2, 0) is 9.59 Å². The molecule has 2 aromatic carbocycles. The molecular formula is C20H23N3O2. The minimum Gasteiger partial charge on any atom is -0.325 e. The number of likely N-dealkylation sites (N-methyl/N-ethyl adjacent to an activating group) is 1. The highest BCUT2D eigenvalue weighted by Crippen LogP contribution is 2.24. The van der Waals surface area contributed by atoms with Crippen LogP contribution in [0.3, 0.4) is 0 Å². The van der Waals surface area contributed by atoms with E-state index < -0.39 is 0 Å². The van der Waals surface area contributed by atoms with Gasteiger partial charge in [-0.05, 0) is 50.6 Å². The van der Waals surface area contributed by atoms with E-state index in [1.807, 2.05) is 72.6 Å². The molecule has 0 radical (unpaired) electrons. The molecule has 2 unspecified atom stereocenters. The third-order valence-corrected chi connectivity index (χ3v) is 4.63. The first-order valence-corrected chi connectivity index (χ1v) is 8.59. The molecule has 130 valence electrons. The highest BCUT2D eigenvalue weighted by Gasteiger charge is 2.36. The first-order valence-electron chi connectivity index (χ1n) is 8.59. The molecule has 1 aliphatic rings. The number of para-hydroxylation sites is 2. The van der Waals surface area contributed by atoms with Crippen LogP contribution in [0.15, 0.2) is 60.7 Å². The van der Waals surface area contributed by atoms with Crippen molar-refractivity contribution in [3.63, 3.8) is 0 Å². The number of amides is 2. The number of nitrogens with zero attached hydrogens (tertiary/aromatic N) is 1. The number of hydrogen-bond acceptors (Lipinski definition) is 3. The first kappa shape index (κ1) is 17.2. The Morgan fingerprint density at radius 1 is 0.800 bits per heavy atom. The van der Waals surface area contributed by atoms with Gasteiger partial charge in [0.2, 0.25) is 11.8 Å². The second-order valence-electron chi connectivity index (χ2n) is 6.34. The Bertz CT molecular complexity index is 657. The van der Waals surface area contributed by atoms with E-state index in [2.05, 4.69) is 10.6 Å². The molecule has 0 saturated carbocycles. The lowest BCUT2D eigenvalue weighted by Crippen LogP contribution is -2.54. The van der Waals surface area contributed by atoms with Gasteiger partial charge in [-0.2, -0.15) is 0 Å². The van der Waals surface area contributed by atoms with Crippen molar-refractivity contribution in [2.45, 2.75) is 31.3 Å². The minimum atomic E-state index is -0.305. The van der Waals surface area contributed by atoms with Crippen LogP contribution in [0, 0.1) is 0 Å². The Labute approximate surface area is 148 Å². The lowest BCUT2D eigenvalue weighted by atomic mass is 9.95. The predicted octanol–water partition coefficient (Wildman–Crippen LogP) is 3.12. The van der Waals surface area contributed by atoms with Crippen molar-refractivity contribution in [2.75, 3.05) is 17.7 Å². The van der Waals surface area contributed by atoms with Crippen LogP contribution in [0.1, 0.15) is 19.3 Å². The van der Waals surface area contributed by atoms with Gasteiger partial charge in [0.05, 0.1) is 12.1 Å². The Hall–Kier alpha value is -2.66. The normalized spacial score (nSPS) is 20.7. The Morgan fingerprint density at radius 3 is 1.60 bits per heavy atom. The van der Waals surface area contributed by atoms with Crippen molar-refractivity contribution < 1.29 is 9.59 Å². The summed E-state index contributed by atoms with van der Waals surface area (Å²) in [6.45, 7) is 0. The predicted molar refractivity (Wildman–Crippen MR) is 99.3 cm³/mol. The SMILES string of the molecule is CN1C(C(=O)Nc2ccccc2)CCCC1C(=O)Nc1ccccc1. The molecule has 25 heavy (non-hydrogen) atoms. The average molecular weight is 337 g/mol. The number of rotatable bonds is 4. The molecule has 1 aliphatic heterocycles. The van der Waals surface area contributed by atoms with Crippen LogP contribution < -0.4 is 10.6 Å². The molecule has 1 heterocycles. The topological polar surface area (TPSA) is 61.4 Å². The van der Waals surface area contributed by atoms with E-state index in [0.29, 0.717) is 0 Å². The number of piperidine rings is 1. The van der Waals surface area contributed by atoms with E-state index in [1.165, 1.54) is 0 Å². The maximum Gasteiger partial charge on any atom is 0.241 e.